The average Bonchev–Trinajstić information content (AvgIpc) is 3.13. The van der Waals surface area contributed by atoms with Crippen LogP contribution in [0.15, 0.2) is 84.0 Å². The monoisotopic (exact) mass is 414 g/mol. The molecule has 4 aromatic rings. The van der Waals surface area contributed by atoms with Crippen molar-refractivity contribution in [2.75, 3.05) is 0 Å². The number of nitrogens with one attached hydrogen (secondary N) is 1. The first-order valence-electron chi connectivity index (χ1n) is 9.74. The van der Waals surface area contributed by atoms with Crippen LogP contribution in [-0.2, 0) is 0 Å². The Bertz CT molecular complexity index is 1210. The maximum absolute atomic E-state index is 5.79. The summed E-state index contributed by atoms with van der Waals surface area (Å²) in [6.07, 6.45) is 1.87. The molecule has 0 fully saturated rings. The number of H-pyrrole nitrogens is 1. The molecule has 0 saturated heterocycles. The van der Waals surface area contributed by atoms with Crippen LogP contribution in [0.5, 0.6) is 5.75 Å². The lowest BCUT2D eigenvalue weighted by Crippen LogP contribution is -2.05. The molecule has 0 aliphatic rings. The molecule has 5 nitrogen and oxygen atoms in total. The highest BCUT2D eigenvalue weighted by Gasteiger charge is 2.10. The molecular formula is C24H22N4OS. The highest BCUT2D eigenvalue weighted by Crippen LogP contribution is 2.23. The van der Waals surface area contributed by atoms with Crippen LogP contribution in [0, 0.1) is 4.77 Å². The third-order valence-electron chi connectivity index (χ3n) is 4.45. The quantitative estimate of drug-likeness (QED) is 0.314. The molecule has 1 heterocycles. The standard InChI is InChI=1S/C24H22N4OS/c1-17(2)29-22-10-6-9-21(15-22)23-26-27-24(30)28(23)25-16-18-11-13-20(14-12-18)19-7-4-3-5-8-19/h3-17H,1-2H3,(H,27,30). The van der Waals surface area contributed by atoms with Crippen LogP contribution >= 0.6 is 12.2 Å². The van der Waals surface area contributed by atoms with E-state index in [2.05, 4.69) is 39.6 Å². The van der Waals surface area contributed by atoms with Crippen molar-refractivity contribution >= 4 is 18.4 Å². The van der Waals surface area contributed by atoms with Gasteiger partial charge in [-0.1, -0.05) is 66.7 Å². The van der Waals surface area contributed by atoms with Crippen LogP contribution in [-0.4, -0.2) is 27.2 Å². The van der Waals surface area contributed by atoms with E-state index in [1.54, 1.807) is 10.9 Å². The molecule has 0 unspecified atom stereocenters. The van der Waals surface area contributed by atoms with Gasteiger partial charge in [0.25, 0.3) is 0 Å². The molecule has 0 bridgehead atoms. The summed E-state index contributed by atoms with van der Waals surface area (Å²) in [6.45, 7) is 3.99. The molecule has 150 valence electrons. The van der Waals surface area contributed by atoms with Crippen molar-refractivity contribution in [2.45, 2.75) is 20.0 Å². The Hall–Kier alpha value is -3.51. The number of aromatic amines is 1. The molecule has 0 aliphatic heterocycles. The highest BCUT2D eigenvalue weighted by molar-refractivity contribution is 7.71. The van der Waals surface area contributed by atoms with Gasteiger partial charge in [0.05, 0.1) is 12.3 Å². The average molecular weight is 415 g/mol. The van der Waals surface area contributed by atoms with E-state index in [-0.39, 0.29) is 6.10 Å². The van der Waals surface area contributed by atoms with Gasteiger partial charge in [-0.25, -0.2) is 5.10 Å². The van der Waals surface area contributed by atoms with Crippen LogP contribution in [0.3, 0.4) is 0 Å². The van der Waals surface area contributed by atoms with E-state index in [1.807, 2.05) is 68.4 Å². The lowest BCUT2D eigenvalue weighted by Gasteiger charge is -2.10. The van der Waals surface area contributed by atoms with Crippen molar-refractivity contribution in [3.05, 3.63) is 89.2 Å². The van der Waals surface area contributed by atoms with Crippen molar-refractivity contribution in [1.29, 1.82) is 0 Å². The second kappa shape index (κ2) is 8.88. The molecule has 0 atom stereocenters. The van der Waals surface area contributed by atoms with Crippen molar-refractivity contribution in [2.24, 2.45) is 5.10 Å². The van der Waals surface area contributed by atoms with Crippen molar-refractivity contribution in [3.8, 4) is 28.3 Å². The summed E-state index contributed by atoms with van der Waals surface area (Å²) >= 11 is 5.38. The second-order valence-corrected chi connectivity index (χ2v) is 7.48. The zero-order chi connectivity index (χ0) is 20.9. The predicted molar refractivity (Wildman–Crippen MR) is 123 cm³/mol. The van der Waals surface area contributed by atoms with Gasteiger partial charge in [-0.3, -0.25) is 0 Å². The minimum Gasteiger partial charge on any atom is -0.491 e. The summed E-state index contributed by atoms with van der Waals surface area (Å²) in [5, 5.41) is 11.7. The first-order chi connectivity index (χ1) is 14.6. The van der Waals surface area contributed by atoms with Crippen molar-refractivity contribution < 1.29 is 4.74 Å². The van der Waals surface area contributed by atoms with Crippen LogP contribution in [0.4, 0.5) is 0 Å². The second-order valence-electron chi connectivity index (χ2n) is 7.09. The maximum atomic E-state index is 5.79. The van der Waals surface area contributed by atoms with E-state index in [0.717, 1.165) is 22.4 Å². The van der Waals surface area contributed by atoms with Gasteiger partial charge in [0.2, 0.25) is 4.77 Å². The Morgan fingerprint density at radius 2 is 1.63 bits per heavy atom. The Morgan fingerprint density at radius 1 is 0.933 bits per heavy atom. The van der Waals surface area contributed by atoms with Crippen LogP contribution in [0.1, 0.15) is 19.4 Å². The zero-order valence-electron chi connectivity index (χ0n) is 16.8. The molecule has 0 spiro atoms. The Morgan fingerprint density at radius 3 is 2.37 bits per heavy atom. The number of benzene rings is 3. The van der Waals surface area contributed by atoms with E-state index in [0.29, 0.717) is 10.6 Å². The fraction of sp³-hybridized carbons (Fsp3) is 0.125. The van der Waals surface area contributed by atoms with Crippen LogP contribution in [0.25, 0.3) is 22.5 Å². The van der Waals surface area contributed by atoms with Gasteiger partial charge < -0.3 is 4.74 Å². The topological polar surface area (TPSA) is 55.2 Å². The zero-order valence-corrected chi connectivity index (χ0v) is 17.6. The molecule has 6 heteroatoms. The summed E-state index contributed by atoms with van der Waals surface area (Å²) < 4.78 is 7.84. The van der Waals surface area contributed by atoms with Gasteiger partial charge in [0.1, 0.15) is 5.75 Å². The van der Waals surface area contributed by atoms with Gasteiger partial charge in [-0.05, 0) is 54.9 Å². The highest BCUT2D eigenvalue weighted by atomic mass is 32.1. The Kier molecular flexibility index (Phi) is 5.86. The number of nitrogens with zero attached hydrogens (tertiary/aromatic N) is 3. The molecule has 0 amide bonds. The third kappa shape index (κ3) is 4.55. The molecular weight excluding hydrogens is 392 g/mol. The van der Waals surface area contributed by atoms with E-state index >= 15 is 0 Å². The lowest BCUT2D eigenvalue weighted by molar-refractivity contribution is 0.242. The number of hydrogen-bond donors (Lipinski definition) is 1. The fourth-order valence-electron chi connectivity index (χ4n) is 3.08. The summed E-state index contributed by atoms with van der Waals surface area (Å²) in [5.41, 5.74) is 4.19. The van der Waals surface area contributed by atoms with Gasteiger partial charge in [-0.2, -0.15) is 14.9 Å². The van der Waals surface area contributed by atoms with Crippen LogP contribution < -0.4 is 4.74 Å². The number of hydrogen-bond acceptors (Lipinski definition) is 4. The van der Waals surface area contributed by atoms with Crippen LogP contribution in [0.2, 0.25) is 0 Å². The fourth-order valence-corrected chi connectivity index (χ4v) is 3.26. The van der Waals surface area contributed by atoms with Gasteiger partial charge in [-0.15, -0.1) is 0 Å². The first kappa shape index (κ1) is 19.8. The van der Waals surface area contributed by atoms with E-state index in [9.17, 15) is 0 Å². The van der Waals surface area contributed by atoms with Crippen molar-refractivity contribution in [3.63, 3.8) is 0 Å². The molecule has 3 aromatic carbocycles. The summed E-state index contributed by atoms with van der Waals surface area (Å²) in [4.78, 5) is 0. The number of ether oxygens (including phenoxy) is 1. The SMILES string of the molecule is CC(C)Oc1cccc(-c2n[nH]c(=S)n2N=Cc2ccc(-c3ccccc3)cc2)c1. The number of aromatic nitrogens is 3. The summed E-state index contributed by atoms with van der Waals surface area (Å²) in [5.74, 6) is 1.41. The summed E-state index contributed by atoms with van der Waals surface area (Å²) in [6, 6.07) is 26.3. The largest absolute Gasteiger partial charge is 0.491 e. The minimum absolute atomic E-state index is 0.0953. The molecule has 4 rings (SSSR count). The van der Waals surface area contributed by atoms with Gasteiger partial charge in [0, 0.05) is 5.56 Å². The Balaban J connectivity index is 1.60. The molecule has 0 saturated carbocycles. The summed E-state index contributed by atoms with van der Waals surface area (Å²) in [7, 11) is 0. The lowest BCUT2D eigenvalue weighted by atomic mass is 10.0. The molecule has 0 aliphatic carbocycles. The molecule has 30 heavy (non-hydrogen) atoms. The number of rotatable bonds is 6. The molecule has 1 aromatic heterocycles. The normalized spacial score (nSPS) is 11.3. The van der Waals surface area contributed by atoms with E-state index in [4.69, 9.17) is 17.0 Å². The van der Waals surface area contributed by atoms with Crippen molar-refractivity contribution in [1.82, 2.24) is 14.9 Å². The minimum atomic E-state index is 0.0953. The molecule has 1 N–H and O–H groups in total. The smallest absolute Gasteiger partial charge is 0.216 e. The van der Waals surface area contributed by atoms with Gasteiger partial charge >= 0.3 is 0 Å². The van der Waals surface area contributed by atoms with E-state index < -0.39 is 0 Å². The van der Waals surface area contributed by atoms with E-state index in [1.165, 1.54) is 5.56 Å². The predicted octanol–water partition coefficient (Wildman–Crippen LogP) is 5.94. The molecule has 0 radical (unpaired) electrons. The van der Waals surface area contributed by atoms with Gasteiger partial charge in [0.15, 0.2) is 5.82 Å². The maximum Gasteiger partial charge on any atom is 0.216 e. The first-order valence-corrected chi connectivity index (χ1v) is 10.2. The Labute approximate surface area is 180 Å². The third-order valence-corrected chi connectivity index (χ3v) is 4.72.